The Hall–Kier alpha value is -3.45. The lowest BCUT2D eigenvalue weighted by molar-refractivity contribution is 0.408. The number of thioether (sulfide) groups is 1. The van der Waals surface area contributed by atoms with E-state index in [0.29, 0.717) is 24.3 Å². The number of allylic oxidation sites excluding steroid dienone is 2. The third-order valence-electron chi connectivity index (χ3n) is 6.26. The summed E-state index contributed by atoms with van der Waals surface area (Å²) >= 11 is 1.59. The molecule has 3 aromatic rings. The van der Waals surface area contributed by atoms with Crippen LogP contribution in [0.5, 0.6) is 5.75 Å². The maximum atomic E-state index is 14.3. The van der Waals surface area contributed by atoms with E-state index in [9.17, 15) is 4.39 Å². The molecule has 0 radical (unpaired) electrons. The second kappa shape index (κ2) is 10.0. The van der Waals surface area contributed by atoms with E-state index in [-0.39, 0.29) is 5.82 Å². The summed E-state index contributed by atoms with van der Waals surface area (Å²) in [5, 5.41) is 4.30. The minimum absolute atomic E-state index is 0.232. The van der Waals surface area contributed by atoms with Gasteiger partial charge < -0.3 is 20.8 Å². The van der Waals surface area contributed by atoms with Crippen molar-refractivity contribution in [2.45, 2.75) is 34.1 Å². The standard InChI is InChI=1S/C28H31FN4OS/c1-7-31-22-14-23(19-12-16(3)26(34-6)17(4)13-19)35-27(22)28(30)32-11-10-20-18(5)33-25-21(29)9-8-15(2)24(20)25/h7-9,12-14,32-33H,1,10-11,30H2,2-6H3/b28-27-,31-22-. The molecule has 4 rings (SSSR count). The summed E-state index contributed by atoms with van der Waals surface area (Å²) in [5.74, 6) is 1.23. The van der Waals surface area contributed by atoms with Gasteiger partial charge in [-0.2, -0.15) is 0 Å². The van der Waals surface area contributed by atoms with Crippen molar-refractivity contribution in [1.29, 1.82) is 0 Å². The minimum atomic E-state index is -0.232. The normalized spacial score (nSPS) is 16.1. The van der Waals surface area contributed by atoms with Crippen LogP contribution in [-0.4, -0.2) is 24.4 Å². The summed E-state index contributed by atoms with van der Waals surface area (Å²) in [5.41, 5.74) is 14.2. The average Bonchev–Trinajstić information content (AvgIpc) is 3.38. The summed E-state index contributed by atoms with van der Waals surface area (Å²) in [6, 6.07) is 7.56. The van der Waals surface area contributed by atoms with Crippen molar-refractivity contribution in [2.75, 3.05) is 13.7 Å². The fourth-order valence-electron chi connectivity index (χ4n) is 4.68. The predicted molar refractivity (Wildman–Crippen MR) is 146 cm³/mol. The van der Waals surface area contributed by atoms with E-state index in [1.54, 1.807) is 18.9 Å². The number of hydrogen-bond donors (Lipinski definition) is 3. The molecule has 2 heterocycles. The Balaban J connectivity index is 1.56. The van der Waals surface area contributed by atoms with E-state index in [1.165, 1.54) is 12.3 Å². The Kier molecular flexibility index (Phi) is 7.08. The molecule has 0 unspecified atom stereocenters. The first-order valence-corrected chi connectivity index (χ1v) is 12.3. The van der Waals surface area contributed by atoms with Gasteiger partial charge in [0.15, 0.2) is 0 Å². The zero-order chi connectivity index (χ0) is 25.3. The predicted octanol–water partition coefficient (Wildman–Crippen LogP) is 6.18. The number of nitrogens with two attached hydrogens (primary N) is 1. The van der Waals surface area contributed by atoms with Crippen LogP contribution in [0.3, 0.4) is 0 Å². The summed E-state index contributed by atoms with van der Waals surface area (Å²) in [4.78, 5) is 9.58. The highest BCUT2D eigenvalue weighted by atomic mass is 32.2. The molecular formula is C28H31FN4OS. The van der Waals surface area contributed by atoms with Crippen molar-refractivity contribution in [3.63, 3.8) is 0 Å². The van der Waals surface area contributed by atoms with E-state index >= 15 is 0 Å². The third kappa shape index (κ3) is 4.73. The van der Waals surface area contributed by atoms with Crippen LogP contribution in [0.15, 0.2) is 58.8 Å². The largest absolute Gasteiger partial charge is 0.496 e. The Labute approximate surface area is 210 Å². The van der Waals surface area contributed by atoms with Crippen molar-refractivity contribution in [3.8, 4) is 5.75 Å². The number of ether oxygens (including phenoxy) is 1. The lowest BCUT2D eigenvalue weighted by Gasteiger charge is -2.13. The number of methoxy groups -OCH3 is 1. The van der Waals surface area contributed by atoms with Gasteiger partial charge in [-0.25, -0.2) is 4.39 Å². The maximum Gasteiger partial charge on any atom is 0.147 e. The van der Waals surface area contributed by atoms with Gasteiger partial charge in [0, 0.05) is 28.7 Å². The molecule has 0 amide bonds. The van der Waals surface area contributed by atoms with E-state index in [4.69, 9.17) is 10.5 Å². The number of fused-ring (bicyclic) bond motifs is 1. The van der Waals surface area contributed by atoms with Crippen molar-refractivity contribution in [1.82, 2.24) is 10.3 Å². The number of halogens is 1. The van der Waals surface area contributed by atoms with Crippen LogP contribution in [-0.2, 0) is 6.42 Å². The monoisotopic (exact) mass is 490 g/mol. The summed E-state index contributed by atoms with van der Waals surface area (Å²) in [6.45, 7) is 12.4. The topological polar surface area (TPSA) is 75.4 Å². The molecule has 1 aliphatic rings. The Morgan fingerprint density at radius 1 is 1.20 bits per heavy atom. The third-order valence-corrected chi connectivity index (χ3v) is 7.46. The van der Waals surface area contributed by atoms with Crippen LogP contribution in [0.4, 0.5) is 4.39 Å². The number of aromatic nitrogens is 1. The first-order chi connectivity index (χ1) is 16.7. The highest BCUT2D eigenvalue weighted by Crippen LogP contribution is 2.43. The van der Waals surface area contributed by atoms with E-state index in [0.717, 1.165) is 60.2 Å². The van der Waals surface area contributed by atoms with Crippen LogP contribution < -0.4 is 15.8 Å². The lowest BCUT2D eigenvalue weighted by atomic mass is 10.0. The fourth-order valence-corrected chi connectivity index (χ4v) is 5.71. The summed E-state index contributed by atoms with van der Waals surface area (Å²) in [7, 11) is 1.69. The first kappa shape index (κ1) is 24.7. The molecule has 0 atom stereocenters. The molecule has 4 N–H and O–H groups in total. The lowest BCUT2D eigenvalue weighted by Crippen LogP contribution is -2.25. The van der Waals surface area contributed by atoms with Gasteiger partial charge in [-0.05, 0) is 86.2 Å². The second-order valence-corrected chi connectivity index (χ2v) is 9.77. The molecule has 182 valence electrons. The Bertz CT molecular complexity index is 1390. The molecule has 0 bridgehead atoms. The second-order valence-electron chi connectivity index (χ2n) is 8.71. The maximum absolute atomic E-state index is 14.3. The van der Waals surface area contributed by atoms with Crippen LogP contribution in [0, 0.1) is 33.5 Å². The highest BCUT2D eigenvalue weighted by Gasteiger charge is 2.23. The van der Waals surface area contributed by atoms with Gasteiger partial charge in [-0.15, -0.1) is 0 Å². The minimum Gasteiger partial charge on any atom is -0.496 e. The quantitative estimate of drug-likeness (QED) is 0.370. The molecule has 0 saturated carbocycles. The summed E-state index contributed by atoms with van der Waals surface area (Å²) < 4.78 is 19.8. The van der Waals surface area contributed by atoms with E-state index < -0.39 is 0 Å². The van der Waals surface area contributed by atoms with Crippen LogP contribution in [0.1, 0.15) is 33.5 Å². The van der Waals surface area contributed by atoms with Gasteiger partial charge in [-0.3, -0.25) is 4.99 Å². The Morgan fingerprint density at radius 2 is 1.91 bits per heavy atom. The molecule has 0 aliphatic carbocycles. The average molecular weight is 491 g/mol. The molecule has 2 aromatic carbocycles. The van der Waals surface area contributed by atoms with Crippen LogP contribution in [0.25, 0.3) is 15.8 Å². The molecule has 0 spiro atoms. The highest BCUT2D eigenvalue weighted by molar-refractivity contribution is 8.13. The van der Waals surface area contributed by atoms with Gasteiger partial charge in [0.05, 0.1) is 23.2 Å². The number of aliphatic imine (C=N–C) groups is 1. The molecular weight excluding hydrogens is 459 g/mol. The molecule has 5 nitrogen and oxygen atoms in total. The van der Waals surface area contributed by atoms with Crippen molar-refractivity contribution in [3.05, 3.63) is 93.2 Å². The van der Waals surface area contributed by atoms with Gasteiger partial charge >= 0.3 is 0 Å². The van der Waals surface area contributed by atoms with Crippen LogP contribution >= 0.6 is 11.8 Å². The van der Waals surface area contributed by atoms with Gasteiger partial charge in [-0.1, -0.05) is 24.4 Å². The summed E-state index contributed by atoms with van der Waals surface area (Å²) in [6.07, 6.45) is 4.27. The number of H-pyrrole nitrogens is 1. The molecule has 0 saturated heterocycles. The van der Waals surface area contributed by atoms with E-state index in [2.05, 4.69) is 34.0 Å². The number of benzene rings is 2. The molecule has 1 aromatic heterocycles. The van der Waals surface area contributed by atoms with Crippen molar-refractivity contribution >= 4 is 33.3 Å². The fraction of sp³-hybridized carbons (Fsp3) is 0.250. The number of aryl methyl sites for hydroxylation is 4. The van der Waals surface area contributed by atoms with Gasteiger partial charge in [0.1, 0.15) is 17.4 Å². The SMILES string of the molecule is C=C/N=C1/C=C(c2cc(C)c(OC)c(C)c2)S/C1=C(/N)NCCc1c(C)[nH]c2c(F)ccc(C)c12. The van der Waals surface area contributed by atoms with Crippen molar-refractivity contribution in [2.24, 2.45) is 10.7 Å². The van der Waals surface area contributed by atoms with Crippen molar-refractivity contribution < 1.29 is 9.13 Å². The zero-order valence-electron chi connectivity index (χ0n) is 20.8. The number of nitrogens with zero attached hydrogens (tertiary/aromatic N) is 1. The number of nitrogens with one attached hydrogen (secondary N) is 2. The molecule has 7 heteroatoms. The molecule has 1 aliphatic heterocycles. The molecule has 0 fully saturated rings. The first-order valence-electron chi connectivity index (χ1n) is 11.5. The number of rotatable bonds is 7. The van der Waals surface area contributed by atoms with Gasteiger partial charge in [0.2, 0.25) is 0 Å². The molecule has 35 heavy (non-hydrogen) atoms. The van der Waals surface area contributed by atoms with Gasteiger partial charge in [0.25, 0.3) is 0 Å². The smallest absolute Gasteiger partial charge is 0.147 e. The Morgan fingerprint density at radius 3 is 2.57 bits per heavy atom. The number of hydrogen-bond acceptors (Lipinski definition) is 5. The van der Waals surface area contributed by atoms with Crippen LogP contribution in [0.2, 0.25) is 0 Å². The van der Waals surface area contributed by atoms with E-state index in [1.807, 2.05) is 39.8 Å². The zero-order valence-corrected chi connectivity index (χ0v) is 21.6. The number of aromatic amines is 1.